The molecule has 1 aromatic rings. The van der Waals surface area contributed by atoms with Gasteiger partial charge in [-0.3, -0.25) is 4.79 Å². The molecule has 0 fully saturated rings. The first-order chi connectivity index (χ1) is 11.1. The van der Waals surface area contributed by atoms with Crippen molar-refractivity contribution in [3.63, 3.8) is 0 Å². The number of Topliss-reactive ketones (excluding diaryl/α,β-unsaturated/α-hetero) is 1. The van der Waals surface area contributed by atoms with E-state index in [4.69, 9.17) is 10.00 Å². The second kappa shape index (κ2) is 10.7. The average molecular weight is 317 g/mol. The van der Waals surface area contributed by atoms with Crippen molar-refractivity contribution < 1.29 is 14.6 Å². The van der Waals surface area contributed by atoms with Crippen LogP contribution in [0.5, 0.6) is 11.5 Å². The number of unbranched alkanes of at least 4 members (excludes halogenated alkanes) is 5. The van der Waals surface area contributed by atoms with Gasteiger partial charge in [0.15, 0.2) is 5.78 Å². The van der Waals surface area contributed by atoms with E-state index < -0.39 is 0 Å². The lowest BCUT2D eigenvalue weighted by atomic mass is 10.0. The number of aromatic hydroxyl groups is 1. The Kier molecular flexibility index (Phi) is 8.82. The number of ketones is 1. The molecule has 1 rings (SSSR count). The first-order valence-electron chi connectivity index (χ1n) is 8.47. The highest BCUT2D eigenvalue weighted by atomic mass is 16.5. The lowest BCUT2D eigenvalue weighted by Crippen LogP contribution is -2.03. The fourth-order valence-corrected chi connectivity index (χ4v) is 2.55. The minimum atomic E-state index is -0.135. The molecule has 4 nitrogen and oxygen atoms in total. The third-order valence-electron chi connectivity index (χ3n) is 3.81. The van der Waals surface area contributed by atoms with Gasteiger partial charge in [0.05, 0.1) is 18.2 Å². The number of carbonyl (C=O) groups excluding carboxylic acids is 1. The van der Waals surface area contributed by atoms with Crippen molar-refractivity contribution in [3.8, 4) is 17.6 Å². The van der Waals surface area contributed by atoms with E-state index in [1.54, 1.807) is 12.1 Å². The van der Waals surface area contributed by atoms with Crippen molar-refractivity contribution in [2.75, 3.05) is 6.61 Å². The van der Waals surface area contributed by atoms with E-state index in [2.05, 4.69) is 6.07 Å². The van der Waals surface area contributed by atoms with Crippen LogP contribution < -0.4 is 4.74 Å². The van der Waals surface area contributed by atoms with Crippen LogP contribution in [0.25, 0.3) is 0 Å². The summed E-state index contributed by atoms with van der Waals surface area (Å²) in [5, 5.41) is 18.7. The van der Waals surface area contributed by atoms with Crippen LogP contribution in [0.4, 0.5) is 0 Å². The molecule has 0 bridgehead atoms. The third-order valence-corrected chi connectivity index (χ3v) is 3.81. The average Bonchev–Trinajstić information content (AvgIpc) is 2.52. The van der Waals surface area contributed by atoms with Crippen molar-refractivity contribution in [2.45, 2.75) is 65.2 Å². The first-order valence-corrected chi connectivity index (χ1v) is 8.47. The van der Waals surface area contributed by atoms with Crippen LogP contribution >= 0.6 is 0 Å². The Labute approximate surface area is 139 Å². The molecule has 1 N–H and O–H groups in total. The minimum Gasteiger partial charge on any atom is -0.507 e. The van der Waals surface area contributed by atoms with Crippen molar-refractivity contribution in [1.82, 2.24) is 0 Å². The summed E-state index contributed by atoms with van der Waals surface area (Å²) in [4.78, 5) is 11.5. The van der Waals surface area contributed by atoms with Gasteiger partial charge in [0, 0.05) is 12.0 Å². The van der Waals surface area contributed by atoms with Crippen molar-refractivity contribution >= 4 is 5.78 Å². The fourth-order valence-electron chi connectivity index (χ4n) is 2.55. The van der Waals surface area contributed by atoms with Crippen molar-refractivity contribution in [2.24, 2.45) is 0 Å². The van der Waals surface area contributed by atoms with Crippen LogP contribution in [0.2, 0.25) is 0 Å². The van der Waals surface area contributed by atoms with E-state index in [1.165, 1.54) is 6.92 Å². The van der Waals surface area contributed by atoms with Gasteiger partial charge in [0.2, 0.25) is 0 Å². The molecule has 0 radical (unpaired) electrons. The topological polar surface area (TPSA) is 70.3 Å². The Morgan fingerprint density at radius 3 is 2.57 bits per heavy atom. The maximum Gasteiger partial charge on any atom is 0.163 e. The Balaban J connectivity index is 2.51. The van der Waals surface area contributed by atoms with Crippen molar-refractivity contribution in [3.05, 3.63) is 23.3 Å². The van der Waals surface area contributed by atoms with Crippen LogP contribution in [-0.4, -0.2) is 17.5 Å². The Bertz CT molecular complexity index is 546. The maximum absolute atomic E-state index is 11.5. The zero-order valence-electron chi connectivity index (χ0n) is 14.2. The smallest absolute Gasteiger partial charge is 0.163 e. The van der Waals surface area contributed by atoms with Crippen molar-refractivity contribution in [1.29, 1.82) is 5.26 Å². The normalized spacial score (nSPS) is 10.3. The number of carbonyl (C=O) groups is 1. The first kappa shape index (κ1) is 19.0. The van der Waals surface area contributed by atoms with Crippen LogP contribution in [0.1, 0.15) is 74.7 Å². The van der Waals surface area contributed by atoms with E-state index in [0.717, 1.165) is 44.1 Å². The quantitative estimate of drug-likeness (QED) is 0.470. The third kappa shape index (κ3) is 6.32. The molecular formula is C19H27NO3. The highest BCUT2D eigenvalue weighted by Gasteiger charge is 2.15. The summed E-state index contributed by atoms with van der Waals surface area (Å²) in [6, 6.07) is 5.57. The molecule has 0 amide bonds. The molecule has 0 atom stereocenters. The Morgan fingerprint density at radius 2 is 1.91 bits per heavy atom. The summed E-state index contributed by atoms with van der Waals surface area (Å²) >= 11 is 0. The number of hydrogen-bond donors (Lipinski definition) is 1. The molecule has 0 aliphatic heterocycles. The number of hydrogen-bond acceptors (Lipinski definition) is 4. The largest absolute Gasteiger partial charge is 0.507 e. The molecule has 0 unspecified atom stereocenters. The van der Waals surface area contributed by atoms with E-state index in [9.17, 15) is 9.90 Å². The van der Waals surface area contributed by atoms with Crippen LogP contribution in [0.3, 0.4) is 0 Å². The van der Waals surface area contributed by atoms with E-state index in [-0.39, 0.29) is 11.5 Å². The van der Waals surface area contributed by atoms with Gasteiger partial charge >= 0.3 is 0 Å². The molecule has 0 saturated heterocycles. The summed E-state index contributed by atoms with van der Waals surface area (Å²) < 4.78 is 5.81. The summed E-state index contributed by atoms with van der Waals surface area (Å²) in [5.41, 5.74) is 1.09. The van der Waals surface area contributed by atoms with Gasteiger partial charge in [-0.1, -0.05) is 32.6 Å². The van der Waals surface area contributed by atoms with E-state index >= 15 is 0 Å². The van der Waals surface area contributed by atoms with Gasteiger partial charge in [0.1, 0.15) is 11.5 Å². The second-order valence-electron chi connectivity index (χ2n) is 5.77. The predicted molar refractivity (Wildman–Crippen MR) is 90.9 cm³/mol. The van der Waals surface area contributed by atoms with E-state index in [1.807, 2.05) is 6.92 Å². The zero-order valence-corrected chi connectivity index (χ0v) is 14.2. The number of phenolic OH excluding ortho intramolecular Hbond substituents is 1. The maximum atomic E-state index is 11.5. The number of ether oxygens (including phenoxy) is 1. The van der Waals surface area contributed by atoms with Gasteiger partial charge in [0.25, 0.3) is 0 Å². The highest BCUT2D eigenvalue weighted by molar-refractivity contribution is 5.97. The molecule has 0 aromatic heterocycles. The molecule has 0 heterocycles. The number of rotatable bonds is 11. The van der Waals surface area contributed by atoms with Crippen LogP contribution in [0.15, 0.2) is 12.1 Å². The standard InChI is InChI=1S/C19H27NO3/c1-3-10-17-18(12-11-16(15(2)21)19(17)22)23-14-9-7-5-4-6-8-13-20/h11-12,22H,3-10,14H2,1-2H3. The molecule has 0 aliphatic carbocycles. The molecule has 4 heteroatoms. The van der Waals surface area contributed by atoms with Gasteiger partial charge in [-0.05, 0) is 38.3 Å². The zero-order chi connectivity index (χ0) is 17.1. The summed E-state index contributed by atoms with van der Waals surface area (Å²) in [5.74, 6) is 0.607. The lowest BCUT2D eigenvalue weighted by Gasteiger charge is -2.14. The lowest BCUT2D eigenvalue weighted by molar-refractivity contribution is 0.101. The molecule has 0 spiro atoms. The monoisotopic (exact) mass is 317 g/mol. The second-order valence-corrected chi connectivity index (χ2v) is 5.77. The number of benzene rings is 1. The summed E-state index contributed by atoms with van der Waals surface area (Å²) in [7, 11) is 0. The molecule has 1 aromatic carbocycles. The van der Waals surface area contributed by atoms with Crippen LogP contribution in [-0.2, 0) is 6.42 Å². The predicted octanol–water partition coefficient (Wildman–Crippen LogP) is 4.79. The highest BCUT2D eigenvalue weighted by Crippen LogP contribution is 2.33. The molecule has 126 valence electrons. The summed E-state index contributed by atoms with van der Waals surface area (Å²) in [6.45, 7) is 4.09. The van der Waals surface area contributed by atoms with Gasteiger partial charge < -0.3 is 9.84 Å². The number of phenols is 1. The van der Waals surface area contributed by atoms with E-state index in [0.29, 0.717) is 30.8 Å². The molecule has 23 heavy (non-hydrogen) atoms. The SMILES string of the molecule is CCCc1c(OCCCCCCCC#N)ccc(C(C)=O)c1O. The number of nitriles is 1. The minimum absolute atomic E-state index is 0.0633. The Morgan fingerprint density at radius 1 is 1.22 bits per heavy atom. The van der Waals surface area contributed by atoms with Gasteiger partial charge in [-0.2, -0.15) is 5.26 Å². The molecular weight excluding hydrogens is 290 g/mol. The number of nitrogens with zero attached hydrogens (tertiary/aromatic N) is 1. The molecule has 0 aliphatic rings. The van der Waals surface area contributed by atoms with Gasteiger partial charge in [-0.25, -0.2) is 0 Å². The summed E-state index contributed by atoms with van der Waals surface area (Å²) in [6.07, 6.45) is 7.40. The van der Waals surface area contributed by atoms with Gasteiger partial charge in [-0.15, -0.1) is 0 Å². The van der Waals surface area contributed by atoms with Crippen LogP contribution in [0, 0.1) is 11.3 Å². The Hall–Kier alpha value is -2.02. The molecule has 0 saturated carbocycles. The fraction of sp³-hybridized carbons (Fsp3) is 0.579.